The topological polar surface area (TPSA) is 89.8 Å². The molecular weight excluding hydrogens is 408 g/mol. The van der Waals surface area contributed by atoms with Gasteiger partial charge in [-0.2, -0.15) is 0 Å². The predicted molar refractivity (Wildman–Crippen MR) is 120 cm³/mol. The first kappa shape index (κ1) is 21.8. The Morgan fingerprint density at radius 1 is 1.16 bits per heavy atom. The second-order valence-corrected chi connectivity index (χ2v) is 7.78. The number of hydrogen-bond acceptors (Lipinski definition) is 5. The van der Waals surface area contributed by atoms with Crippen LogP contribution in [0.5, 0.6) is 0 Å². The van der Waals surface area contributed by atoms with Crippen molar-refractivity contribution < 1.29 is 24.2 Å². The summed E-state index contributed by atoms with van der Waals surface area (Å²) in [7, 11) is 1.55. The summed E-state index contributed by atoms with van der Waals surface area (Å²) in [6.45, 7) is 1.82. The van der Waals surface area contributed by atoms with Gasteiger partial charge >= 0.3 is 0 Å². The number of nitrogens with zero attached hydrogens (tertiary/aromatic N) is 1. The van der Waals surface area contributed by atoms with E-state index in [4.69, 9.17) is 9.47 Å². The Labute approximate surface area is 186 Å². The minimum absolute atomic E-state index is 0.0112. The fourth-order valence-corrected chi connectivity index (χ4v) is 3.95. The third-order valence-electron chi connectivity index (χ3n) is 5.63. The summed E-state index contributed by atoms with van der Waals surface area (Å²) in [5, 5.41) is 12.8. The smallest absolute Gasteiger partial charge is 0.285 e. The third-order valence-corrected chi connectivity index (χ3v) is 5.63. The maximum Gasteiger partial charge on any atom is 0.285 e. The quantitative estimate of drug-likeness (QED) is 0.620. The number of allylic oxidation sites excluding steroid dienone is 1. The summed E-state index contributed by atoms with van der Waals surface area (Å²) in [5.41, 5.74) is 3.54. The minimum Gasteiger partial charge on any atom is -0.459 e. The van der Waals surface area contributed by atoms with Crippen LogP contribution >= 0.6 is 0 Å². The zero-order chi connectivity index (χ0) is 22.7. The molecular formula is C25H26N2O5. The van der Waals surface area contributed by atoms with Crippen molar-refractivity contribution in [1.82, 2.24) is 9.88 Å². The Morgan fingerprint density at radius 3 is 2.56 bits per heavy atom. The predicted octanol–water partition coefficient (Wildman–Crippen LogP) is 3.47. The van der Waals surface area contributed by atoms with Crippen LogP contribution < -0.4 is 5.32 Å². The molecule has 0 spiro atoms. The number of nitrogens with one attached hydrogen (secondary N) is 1. The van der Waals surface area contributed by atoms with E-state index in [0.717, 1.165) is 27.6 Å². The lowest BCUT2D eigenvalue weighted by molar-refractivity contribution is -0.150. The summed E-state index contributed by atoms with van der Waals surface area (Å²) < 4.78 is 13.5. The normalized spacial score (nSPS) is 18.2. The fraction of sp³-hybridized carbons (Fsp3) is 0.280. The van der Waals surface area contributed by atoms with E-state index in [9.17, 15) is 14.7 Å². The molecule has 7 nitrogen and oxygen atoms in total. The first-order valence-electron chi connectivity index (χ1n) is 10.5. The lowest BCUT2D eigenvalue weighted by atomic mass is 9.92. The van der Waals surface area contributed by atoms with E-state index in [1.54, 1.807) is 17.7 Å². The number of benzene rings is 2. The van der Waals surface area contributed by atoms with Crippen LogP contribution in [0.2, 0.25) is 0 Å². The number of aliphatic hydroxyl groups is 1. The van der Waals surface area contributed by atoms with Crippen molar-refractivity contribution in [3.63, 3.8) is 0 Å². The number of carbonyl (C=O) groups is 2. The van der Waals surface area contributed by atoms with Crippen LogP contribution in [-0.4, -0.2) is 34.8 Å². The molecule has 0 unspecified atom stereocenters. The molecule has 2 heterocycles. The highest BCUT2D eigenvalue weighted by Gasteiger charge is 2.30. The summed E-state index contributed by atoms with van der Waals surface area (Å²) in [4.78, 5) is 24.5. The largest absolute Gasteiger partial charge is 0.459 e. The van der Waals surface area contributed by atoms with Crippen LogP contribution in [-0.2, 0) is 27.5 Å². The van der Waals surface area contributed by atoms with Gasteiger partial charge in [0.25, 0.3) is 5.91 Å². The first-order valence-corrected chi connectivity index (χ1v) is 10.5. The summed E-state index contributed by atoms with van der Waals surface area (Å²) in [6.07, 6.45) is 3.50. The number of para-hydroxylation sites is 1. The number of hydrogen-bond donors (Lipinski definition) is 2. The van der Waals surface area contributed by atoms with E-state index in [1.807, 2.05) is 54.7 Å². The van der Waals surface area contributed by atoms with E-state index in [1.165, 1.54) is 6.92 Å². The molecule has 0 saturated carbocycles. The van der Waals surface area contributed by atoms with Crippen molar-refractivity contribution in [2.75, 3.05) is 7.05 Å². The molecule has 0 aliphatic carbocycles. The number of fused-ring (bicyclic) bond motifs is 1. The molecule has 1 amide bonds. The van der Waals surface area contributed by atoms with Crippen LogP contribution in [0.1, 0.15) is 40.7 Å². The van der Waals surface area contributed by atoms with Gasteiger partial charge < -0.3 is 19.9 Å². The highest BCUT2D eigenvalue weighted by atomic mass is 16.7. The van der Waals surface area contributed by atoms with Crippen molar-refractivity contribution in [2.24, 2.45) is 0 Å². The van der Waals surface area contributed by atoms with Crippen LogP contribution in [0.15, 0.2) is 66.6 Å². The lowest BCUT2D eigenvalue weighted by Crippen LogP contribution is -2.31. The second-order valence-electron chi connectivity index (χ2n) is 7.78. The zero-order valence-corrected chi connectivity index (χ0v) is 18.1. The molecule has 1 aromatic heterocycles. The Kier molecular flexibility index (Phi) is 6.39. The average molecular weight is 434 g/mol. The molecule has 0 saturated heterocycles. The zero-order valence-electron chi connectivity index (χ0n) is 18.1. The van der Waals surface area contributed by atoms with E-state index in [0.29, 0.717) is 13.0 Å². The van der Waals surface area contributed by atoms with Crippen molar-refractivity contribution in [2.45, 2.75) is 38.8 Å². The molecule has 32 heavy (non-hydrogen) atoms. The van der Waals surface area contributed by atoms with Gasteiger partial charge in [0.15, 0.2) is 5.76 Å². The molecule has 1 aliphatic heterocycles. The van der Waals surface area contributed by atoms with Gasteiger partial charge in [-0.1, -0.05) is 42.5 Å². The first-order chi connectivity index (χ1) is 15.5. The van der Waals surface area contributed by atoms with Gasteiger partial charge in [0, 0.05) is 37.9 Å². The minimum atomic E-state index is -0.630. The SMILES string of the molecule is CNC(=O)C1=C[C@H](c2cn(C(C)=O)c3ccccc23)C[C@H](OCc2ccc(CO)cc2)O1. The fourth-order valence-electron chi connectivity index (χ4n) is 3.95. The van der Waals surface area contributed by atoms with E-state index in [2.05, 4.69) is 5.32 Å². The Bertz CT molecular complexity index is 1160. The Balaban J connectivity index is 1.62. The molecule has 0 fully saturated rings. The molecule has 166 valence electrons. The molecule has 2 atom stereocenters. The maximum absolute atomic E-state index is 12.4. The lowest BCUT2D eigenvalue weighted by Gasteiger charge is -2.29. The molecule has 3 aromatic rings. The van der Waals surface area contributed by atoms with E-state index < -0.39 is 6.29 Å². The van der Waals surface area contributed by atoms with Gasteiger partial charge in [-0.15, -0.1) is 0 Å². The van der Waals surface area contributed by atoms with Crippen LogP contribution in [0.25, 0.3) is 10.9 Å². The Morgan fingerprint density at radius 2 is 1.88 bits per heavy atom. The average Bonchev–Trinajstić information content (AvgIpc) is 3.22. The second kappa shape index (κ2) is 9.38. The number of amides is 1. The highest BCUT2D eigenvalue weighted by Crippen LogP contribution is 2.36. The van der Waals surface area contributed by atoms with Crippen LogP contribution in [0.4, 0.5) is 0 Å². The van der Waals surface area contributed by atoms with Gasteiger partial charge in [0.1, 0.15) is 0 Å². The number of likely N-dealkylation sites (N-methyl/N-ethyl adjacent to an activating group) is 1. The van der Waals surface area contributed by atoms with Crippen molar-refractivity contribution in [1.29, 1.82) is 0 Å². The molecule has 2 aromatic carbocycles. The van der Waals surface area contributed by atoms with Gasteiger partial charge in [-0.25, -0.2) is 0 Å². The highest BCUT2D eigenvalue weighted by molar-refractivity contribution is 5.95. The van der Waals surface area contributed by atoms with Crippen molar-refractivity contribution >= 4 is 22.7 Å². The number of aliphatic hydroxyl groups excluding tert-OH is 1. The van der Waals surface area contributed by atoms with Gasteiger partial charge in [-0.3, -0.25) is 14.2 Å². The monoisotopic (exact) mass is 434 g/mol. The summed E-state index contributed by atoms with van der Waals surface area (Å²) in [5.74, 6) is -0.368. The Hall–Kier alpha value is -3.42. The van der Waals surface area contributed by atoms with E-state index >= 15 is 0 Å². The van der Waals surface area contributed by atoms with Gasteiger partial charge in [0.05, 0.1) is 18.7 Å². The molecule has 7 heteroatoms. The maximum atomic E-state index is 12.4. The molecule has 4 rings (SSSR count). The van der Waals surface area contributed by atoms with Crippen molar-refractivity contribution in [3.05, 3.63) is 83.3 Å². The van der Waals surface area contributed by atoms with E-state index in [-0.39, 0.29) is 30.1 Å². The number of rotatable bonds is 6. The van der Waals surface area contributed by atoms with Gasteiger partial charge in [-0.05, 0) is 28.8 Å². The third kappa shape index (κ3) is 4.44. The van der Waals surface area contributed by atoms with Crippen LogP contribution in [0.3, 0.4) is 0 Å². The number of carbonyl (C=O) groups excluding carboxylic acids is 2. The molecule has 0 radical (unpaired) electrons. The summed E-state index contributed by atoms with van der Waals surface area (Å²) in [6, 6.07) is 15.2. The number of ether oxygens (including phenoxy) is 2. The standard InChI is InChI=1S/C25H26N2O5/c1-16(29)27-13-21(20-5-3-4-6-22(20)27)19-11-23(25(30)26-2)32-24(12-19)31-15-18-9-7-17(14-28)8-10-18/h3-11,13,19,24,28H,12,14-15H2,1-2H3,(H,26,30)/t19-,24+/m0/s1. The van der Waals surface area contributed by atoms with Gasteiger partial charge in [0.2, 0.25) is 12.2 Å². The molecule has 0 bridgehead atoms. The molecule has 2 N–H and O–H groups in total. The van der Waals surface area contributed by atoms with Crippen LogP contribution in [0, 0.1) is 0 Å². The summed E-state index contributed by atoms with van der Waals surface area (Å²) >= 11 is 0. The van der Waals surface area contributed by atoms with Crippen molar-refractivity contribution in [3.8, 4) is 0 Å². The number of aromatic nitrogens is 1. The molecule has 1 aliphatic rings.